The van der Waals surface area contributed by atoms with Crippen LogP contribution in [0.5, 0.6) is 0 Å². The number of benzene rings is 2. The molecule has 0 aliphatic heterocycles. The third-order valence-electron chi connectivity index (χ3n) is 3.29. The lowest BCUT2D eigenvalue weighted by Gasteiger charge is -2.22. The van der Waals surface area contributed by atoms with Gasteiger partial charge in [-0.25, -0.2) is 0 Å². The Hall–Kier alpha value is -2.04. The van der Waals surface area contributed by atoms with Crippen LogP contribution in [-0.4, -0.2) is 18.4 Å². The van der Waals surface area contributed by atoms with Gasteiger partial charge in [-0.05, 0) is 29.8 Å². The topological polar surface area (TPSA) is 63.4 Å². The number of rotatable bonds is 6. The van der Waals surface area contributed by atoms with Crippen molar-refractivity contribution in [3.05, 3.63) is 64.1 Å². The number of hydrogen-bond donors (Lipinski definition) is 1. The van der Waals surface area contributed by atoms with Crippen molar-refractivity contribution < 1.29 is 9.59 Å². The van der Waals surface area contributed by atoms with Gasteiger partial charge in [-0.3, -0.25) is 9.59 Å². The number of nitrogens with zero attached hydrogens (tertiary/aromatic N) is 1. The standard InChI is InChI=1S/C17H16Cl2N2O2/c18-14-7-6-12(10-15(14)19)11-17(23)21(9-8-16(20)22)13-4-2-1-3-5-13/h1-7,10H,8-9,11H2,(H2,20,22). The lowest BCUT2D eigenvalue weighted by atomic mass is 10.1. The van der Waals surface area contributed by atoms with Crippen molar-refractivity contribution in [2.45, 2.75) is 12.8 Å². The molecule has 0 saturated carbocycles. The van der Waals surface area contributed by atoms with Crippen LogP contribution in [0.25, 0.3) is 0 Å². The zero-order valence-corrected chi connectivity index (χ0v) is 13.8. The zero-order chi connectivity index (χ0) is 16.8. The molecule has 23 heavy (non-hydrogen) atoms. The maximum Gasteiger partial charge on any atom is 0.231 e. The number of halogens is 2. The first-order valence-corrected chi connectivity index (χ1v) is 7.80. The summed E-state index contributed by atoms with van der Waals surface area (Å²) in [6, 6.07) is 14.2. The second-order valence-electron chi connectivity index (χ2n) is 5.02. The van der Waals surface area contributed by atoms with Crippen LogP contribution in [-0.2, 0) is 16.0 Å². The maximum atomic E-state index is 12.6. The first-order chi connectivity index (χ1) is 11.0. The first-order valence-electron chi connectivity index (χ1n) is 7.05. The lowest BCUT2D eigenvalue weighted by molar-refractivity contribution is -0.118. The smallest absolute Gasteiger partial charge is 0.231 e. The predicted molar refractivity (Wildman–Crippen MR) is 92.8 cm³/mol. The monoisotopic (exact) mass is 350 g/mol. The highest BCUT2D eigenvalue weighted by Crippen LogP contribution is 2.23. The molecule has 4 nitrogen and oxygen atoms in total. The second kappa shape index (κ2) is 7.99. The number of para-hydroxylation sites is 1. The Morgan fingerprint density at radius 3 is 2.30 bits per heavy atom. The summed E-state index contributed by atoms with van der Waals surface area (Å²) in [6.07, 6.45) is 0.257. The highest BCUT2D eigenvalue weighted by Gasteiger charge is 2.17. The van der Waals surface area contributed by atoms with Crippen molar-refractivity contribution in [3.8, 4) is 0 Å². The van der Waals surface area contributed by atoms with E-state index in [9.17, 15) is 9.59 Å². The summed E-state index contributed by atoms with van der Waals surface area (Å²) in [5, 5.41) is 0.844. The van der Waals surface area contributed by atoms with Crippen LogP contribution in [0.15, 0.2) is 48.5 Å². The quantitative estimate of drug-likeness (QED) is 0.867. The van der Waals surface area contributed by atoms with Gasteiger partial charge in [0.15, 0.2) is 0 Å². The fourth-order valence-electron chi connectivity index (χ4n) is 2.15. The van der Waals surface area contributed by atoms with Gasteiger partial charge in [-0.2, -0.15) is 0 Å². The molecule has 0 radical (unpaired) electrons. The van der Waals surface area contributed by atoms with Gasteiger partial charge in [-0.1, -0.05) is 47.5 Å². The number of hydrogen-bond acceptors (Lipinski definition) is 2. The summed E-state index contributed by atoms with van der Waals surface area (Å²) in [4.78, 5) is 25.2. The van der Waals surface area contributed by atoms with E-state index in [1.54, 1.807) is 23.1 Å². The molecule has 2 aromatic carbocycles. The molecule has 2 rings (SSSR count). The summed E-state index contributed by atoms with van der Waals surface area (Å²) in [5.74, 6) is -0.593. The SMILES string of the molecule is NC(=O)CCN(C(=O)Cc1ccc(Cl)c(Cl)c1)c1ccccc1. The van der Waals surface area contributed by atoms with Gasteiger partial charge in [-0.15, -0.1) is 0 Å². The average Bonchev–Trinajstić information content (AvgIpc) is 2.52. The van der Waals surface area contributed by atoms with E-state index in [1.807, 2.05) is 30.3 Å². The minimum absolute atomic E-state index is 0.0992. The number of primary amides is 1. The number of anilines is 1. The largest absolute Gasteiger partial charge is 0.370 e. The molecule has 2 aromatic rings. The molecule has 0 heterocycles. The average molecular weight is 351 g/mol. The van der Waals surface area contributed by atoms with Gasteiger partial charge in [0, 0.05) is 18.7 Å². The highest BCUT2D eigenvalue weighted by molar-refractivity contribution is 6.42. The molecule has 0 unspecified atom stereocenters. The van der Waals surface area contributed by atoms with Crippen LogP contribution >= 0.6 is 23.2 Å². The zero-order valence-electron chi connectivity index (χ0n) is 12.3. The van der Waals surface area contributed by atoms with E-state index in [0.717, 1.165) is 11.3 Å². The molecular weight excluding hydrogens is 335 g/mol. The molecule has 0 aliphatic rings. The number of carbonyl (C=O) groups excluding carboxylic acids is 2. The molecule has 0 saturated heterocycles. The van der Waals surface area contributed by atoms with Gasteiger partial charge in [0.25, 0.3) is 0 Å². The van der Waals surface area contributed by atoms with Gasteiger partial charge in [0.1, 0.15) is 0 Å². The van der Waals surface area contributed by atoms with E-state index in [1.165, 1.54) is 0 Å². The van der Waals surface area contributed by atoms with Crippen LogP contribution in [0.2, 0.25) is 10.0 Å². The number of nitrogens with two attached hydrogens (primary N) is 1. The van der Waals surface area contributed by atoms with E-state index >= 15 is 0 Å². The summed E-state index contributed by atoms with van der Waals surface area (Å²) in [6.45, 7) is 0.236. The van der Waals surface area contributed by atoms with Crippen molar-refractivity contribution in [3.63, 3.8) is 0 Å². The summed E-state index contributed by atoms with van der Waals surface area (Å²) < 4.78 is 0. The van der Waals surface area contributed by atoms with Crippen molar-refractivity contribution in [1.82, 2.24) is 0 Å². The van der Waals surface area contributed by atoms with Gasteiger partial charge >= 0.3 is 0 Å². The van der Waals surface area contributed by atoms with Crippen LogP contribution in [0, 0.1) is 0 Å². The minimum Gasteiger partial charge on any atom is -0.370 e. The van der Waals surface area contributed by atoms with Crippen LogP contribution in [0.1, 0.15) is 12.0 Å². The Balaban J connectivity index is 2.18. The molecule has 0 aromatic heterocycles. The molecule has 0 bridgehead atoms. The Morgan fingerprint density at radius 1 is 1.00 bits per heavy atom. The molecule has 0 fully saturated rings. The van der Waals surface area contributed by atoms with Crippen molar-refractivity contribution in [1.29, 1.82) is 0 Å². The molecule has 2 N–H and O–H groups in total. The van der Waals surface area contributed by atoms with Gasteiger partial charge < -0.3 is 10.6 Å². The minimum atomic E-state index is -0.451. The second-order valence-corrected chi connectivity index (χ2v) is 5.84. The van der Waals surface area contributed by atoms with E-state index in [2.05, 4.69) is 0 Å². The van der Waals surface area contributed by atoms with Crippen molar-refractivity contribution >= 4 is 40.7 Å². The van der Waals surface area contributed by atoms with Crippen LogP contribution in [0.4, 0.5) is 5.69 Å². The Kier molecular flexibility index (Phi) is 6.02. The Labute approximate surface area is 144 Å². The molecule has 2 amide bonds. The third-order valence-corrected chi connectivity index (χ3v) is 4.03. The predicted octanol–water partition coefficient (Wildman–Crippen LogP) is 3.44. The molecular formula is C17H16Cl2N2O2. The Bertz CT molecular complexity index is 705. The number of amides is 2. The normalized spacial score (nSPS) is 10.3. The van der Waals surface area contributed by atoms with Crippen LogP contribution in [0.3, 0.4) is 0 Å². The molecule has 6 heteroatoms. The highest BCUT2D eigenvalue weighted by atomic mass is 35.5. The van der Waals surface area contributed by atoms with Gasteiger partial charge in [0.05, 0.1) is 16.5 Å². The third kappa shape index (κ3) is 4.98. The van der Waals surface area contributed by atoms with Crippen molar-refractivity contribution in [2.75, 3.05) is 11.4 Å². The van der Waals surface area contributed by atoms with Crippen molar-refractivity contribution in [2.24, 2.45) is 5.73 Å². The fourth-order valence-corrected chi connectivity index (χ4v) is 2.47. The summed E-state index contributed by atoms with van der Waals surface area (Å²) in [5.41, 5.74) is 6.67. The summed E-state index contributed by atoms with van der Waals surface area (Å²) >= 11 is 11.9. The van der Waals surface area contributed by atoms with Gasteiger partial charge in [0.2, 0.25) is 11.8 Å². The summed E-state index contributed by atoms with van der Waals surface area (Å²) in [7, 11) is 0. The number of carbonyl (C=O) groups is 2. The maximum absolute atomic E-state index is 12.6. The molecule has 0 atom stereocenters. The molecule has 0 aliphatic carbocycles. The lowest BCUT2D eigenvalue weighted by Crippen LogP contribution is -2.35. The van der Waals surface area contributed by atoms with E-state index < -0.39 is 5.91 Å². The van der Waals surface area contributed by atoms with E-state index in [0.29, 0.717) is 10.0 Å². The van der Waals surface area contributed by atoms with E-state index in [-0.39, 0.29) is 25.3 Å². The van der Waals surface area contributed by atoms with Crippen LogP contribution < -0.4 is 10.6 Å². The molecule has 120 valence electrons. The Morgan fingerprint density at radius 2 is 1.70 bits per heavy atom. The first kappa shape index (κ1) is 17.3. The van der Waals surface area contributed by atoms with E-state index in [4.69, 9.17) is 28.9 Å². The fraction of sp³-hybridized carbons (Fsp3) is 0.176. The molecule has 0 spiro atoms.